The van der Waals surface area contributed by atoms with Gasteiger partial charge in [0.2, 0.25) is 10.0 Å². The minimum absolute atomic E-state index is 0.0745. The molecule has 0 aliphatic heterocycles. The molecule has 0 saturated heterocycles. The van der Waals surface area contributed by atoms with Crippen LogP contribution in [0.25, 0.3) is 0 Å². The van der Waals surface area contributed by atoms with Crippen LogP contribution in [0.2, 0.25) is 0 Å². The molecule has 1 fully saturated rings. The third kappa shape index (κ3) is 5.06. The molecule has 0 bridgehead atoms. The second kappa shape index (κ2) is 8.37. The second-order valence-electron chi connectivity index (χ2n) is 6.95. The summed E-state index contributed by atoms with van der Waals surface area (Å²) in [5.41, 5.74) is 0.0607. The smallest absolute Gasteiger partial charge is 0.293 e. The number of nitro groups is 1. The van der Waals surface area contributed by atoms with E-state index >= 15 is 0 Å². The van der Waals surface area contributed by atoms with Crippen molar-refractivity contribution in [2.75, 3.05) is 5.32 Å². The fraction of sp³-hybridized carbons (Fsp3) is 0.444. The highest BCUT2D eigenvalue weighted by atomic mass is 32.2. The van der Waals surface area contributed by atoms with Crippen LogP contribution in [0.5, 0.6) is 0 Å². The molecular formula is C18H23N3O4S2. The number of nitro benzene ring substituents is 1. The zero-order valence-electron chi connectivity index (χ0n) is 15.1. The molecule has 0 radical (unpaired) electrons. The van der Waals surface area contributed by atoms with Gasteiger partial charge in [0, 0.05) is 23.5 Å². The van der Waals surface area contributed by atoms with Crippen LogP contribution >= 0.6 is 11.3 Å². The second-order valence-corrected chi connectivity index (χ2v) is 9.69. The van der Waals surface area contributed by atoms with Crippen LogP contribution < -0.4 is 10.0 Å². The summed E-state index contributed by atoms with van der Waals surface area (Å²) >= 11 is 1.55. The van der Waals surface area contributed by atoms with Gasteiger partial charge in [-0.15, -0.1) is 11.3 Å². The summed E-state index contributed by atoms with van der Waals surface area (Å²) in [6, 6.07) is 7.73. The number of nitrogens with one attached hydrogen (secondary N) is 2. The van der Waals surface area contributed by atoms with Crippen LogP contribution in [-0.2, 0) is 16.6 Å². The number of sulfonamides is 1. The van der Waals surface area contributed by atoms with Crippen molar-refractivity contribution in [1.29, 1.82) is 0 Å². The lowest BCUT2D eigenvalue weighted by Crippen LogP contribution is -2.37. The maximum Gasteiger partial charge on any atom is 0.293 e. The number of benzene rings is 1. The standard InChI is InChI=1S/C18H23N3O4S2/c1-13-4-6-14(7-5-13)20-27(24,25)16-8-9-17(18(11-16)21(22)23)19-12-15-3-2-10-26-15/h2-3,8-11,13-14,19-20H,4-7,12H2,1H3. The van der Waals surface area contributed by atoms with E-state index in [-0.39, 0.29) is 16.6 Å². The SMILES string of the molecule is CC1CCC(NS(=O)(=O)c2ccc(NCc3cccs3)c([N+](=O)[O-])c2)CC1. The van der Waals surface area contributed by atoms with Gasteiger partial charge in [-0.2, -0.15) is 0 Å². The molecule has 3 rings (SSSR count). The Morgan fingerprint density at radius 3 is 2.59 bits per heavy atom. The highest BCUT2D eigenvalue weighted by Crippen LogP contribution is 2.30. The molecule has 0 amide bonds. The predicted molar refractivity (Wildman–Crippen MR) is 106 cm³/mol. The Kier molecular flexibility index (Phi) is 6.13. The average molecular weight is 410 g/mol. The first-order valence-electron chi connectivity index (χ1n) is 8.92. The predicted octanol–water partition coefficient (Wildman–Crippen LogP) is 4.13. The fourth-order valence-electron chi connectivity index (χ4n) is 3.24. The average Bonchev–Trinajstić information content (AvgIpc) is 3.15. The van der Waals surface area contributed by atoms with Crippen LogP contribution in [-0.4, -0.2) is 19.4 Å². The number of thiophene rings is 1. The van der Waals surface area contributed by atoms with Gasteiger partial charge in [-0.25, -0.2) is 13.1 Å². The molecule has 1 aliphatic rings. The van der Waals surface area contributed by atoms with E-state index in [4.69, 9.17) is 0 Å². The molecule has 1 saturated carbocycles. The Bertz CT molecular complexity index is 889. The zero-order chi connectivity index (χ0) is 19.4. The van der Waals surface area contributed by atoms with E-state index in [2.05, 4.69) is 17.0 Å². The third-order valence-corrected chi connectivity index (χ3v) is 7.24. The highest BCUT2D eigenvalue weighted by Gasteiger charge is 2.26. The summed E-state index contributed by atoms with van der Waals surface area (Å²) in [4.78, 5) is 11.8. The van der Waals surface area contributed by atoms with Crippen molar-refractivity contribution in [1.82, 2.24) is 4.72 Å². The molecule has 1 aliphatic carbocycles. The maximum absolute atomic E-state index is 12.7. The topological polar surface area (TPSA) is 101 Å². The van der Waals surface area contributed by atoms with Crippen LogP contribution in [0.15, 0.2) is 40.6 Å². The third-order valence-electron chi connectivity index (χ3n) is 4.85. The molecule has 1 aromatic heterocycles. The van der Waals surface area contributed by atoms with Crippen LogP contribution in [0.1, 0.15) is 37.5 Å². The summed E-state index contributed by atoms with van der Waals surface area (Å²) in [7, 11) is -3.79. The molecule has 1 heterocycles. The molecule has 0 spiro atoms. The minimum Gasteiger partial charge on any atom is -0.375 e. The van der Waals surface area contributed by atoms with Gasteiger partial charge >= 0.3 is 0 Å². The minimum atomic E-state index is -3.79. The van der Waals surface area contributed by atoms with E-state index in [1.807, 2.05) is 17.5 Å². The summed E-state index contributed by atoms with van der Waals surface area (Å²) < 4.78 is 28.0. The van der Waals surface area contributed by atoms with Gasteiger partial charge in [0.1, 0.15) is 5.69 Å². The lowest BCUT2D eigenvalue weighted by atomic mass is 9.88. The molecule has 2 aromatic rings. The summed E-state index contributed by atoms with van der Waals surface area (Å²) in [5.74, 6) is 0.612. The van der Waals surface area contributed by atoms with Gasteiger partial charge in [-0.1, -0.05) is 13.0 Å². The van der Waals surface area contributed by atoms with E-state index in [1.165, 1.54) is 12.1 Å². The molecule has 146 valence electrons. The van der Waals surface area contributed by atoms with E-state index in [9.17, 15) is 18.5 Å². The van der Waals surface area contributed by atoms with Crippen molar-refractivity contribution in [3.63, 3.8) is 0 Å². The van der Waals surface area contributed by atoms with Crippen molar-refractivity contribution in [3.05, 3.63) is 50.7 Å². The molecule has 2 N–H and O–H groups in total. The molecular weight excluding hydrogens is 386 g/mol. The molecule has 9 heteroatoms. The van der Waals surface area contributed by atoms with Crippen molar-refractivity contribution in [3.8, 4) is 0 Å². The lowest BCUT2D eigenvalue weighted by molar-refractivity contribution is -0.384. The van der Waals surface area contributed by atoms with Crippen molar-refractivity contribution in [2.45, 2.75) is 50.1 Å². The number of rotatable bonds is 7. The van der Waals surface area contributed by atoms with Crippen molar-refractivity contribution >= 4 is 32.7 Å². The monoisotopic (exact) mass is 409 g/mol. The van der Waals surface area contributed by atoms with Gasteiger partial charge in [-0.05, 0) is 55.2 Å². The Labute approximate surface area is 163 Å². The zero-order valence-corrected chi connectivity index (χ0v) is 16.7. The number of hydrogen-bond donors (Lipinski definition) is 2. The first kappa shape index (κ1) is 19.8. The molecule has 0 atom stereocenters. The van der Waals surface area contributed by atoms with Crippen molar-refractivity contribution in [2.24, 2.45) is 5.92 Å². The lowest BCUT2D eigenvalue weighted by Gasteiger charge is -2.26. The Hall–Kier alpha value is -1.97. The molecule has 0 unspecified atom stereocenters. The van der Waals surface area contributed by atoms with Gasteiger partial charge in [-0.3, -0.25) is 10.1 Å². The van der Waals surface area contributed by atoms with E-state index < -0.39 is 14.9 Å². The number of nitrogens with zero attached hydrogens (tertiary/aromatic N) is 1. The summed E-state index contributed by atoms with van der Waals surface area (Å²) in [5, 5.41) is 16.4. The van der Waals surface area contributed by atoms with Crippen LogP contribution in [0, 0.1) is 16.0 Å². The maximum atomic E-state index is 12.7. The van der Waals surface area contributed by atoms with Crippen LogP contribution in [0.3, 0.4) is 0 Å². The Morgan fingerprint density at radius 1 is 1.22 bits per heavy atom. The Balaban J connectivity index is 1.77. The summed E-state index contributed by atoms with van der Waals surface area (Å²) in [6.45, 7) is 2.61. The molecule has 1 aromatic carbocycles. The largest absolute Gasteiger partial charge is 0.375 e. The number of anilines is 1. The van der Waals surface area contributed by atoms with Crippen LogP contribution in [0.4, 0.5) is 11.4 Å². The van der Waals surface area contributed by atoms with E-state index in [1.54, 1.807) is 11.3 Å². The number of hydrogen-bond acceptors (Lipinski definition) is 6. The van der Waals surface area contributed by atoms with Gasteiger partial charge in [0.05, 0.1) is 9.82 Å². The van der Waals surface area contributed by atoms with Gasteiger partial charge < -0.3 is 5.32 Å². The summed E-state index contributed by atoms with van der Waals surface area (Å²) in [6.07, 6.45) is 3.56. The normalized spacial score (nSPS) is 20.3. The van der Waals surface area contributed by atoms with Gasteiger partial charge in [0.25, 0.3) is 5.69 Å². The molecule has 7 nitrogen and oxygen atoms in total. The fourth-order valence-corrected chi connectivity index (χ4v) is 5.21. The Morgan fingerprint density at radius 2 is 1.96 bits per heavy atom. The first-order valence-corrected chi connectivity index (χ1v) is 11.3. The van der Waals surface area contributed by atoms with Crippen molar-refractivity contribution < 1.29 is 13.3 Å². The molecule has 27 heavy (non-hydrogen) atoms. The van der Waals surface area contributed by atoms with E-state index in [0.29, 0.717) is 18.2 Å². The quantitative estimate of drug-likeness (QED) is 0.529. The highest BCUT2D eigenvalue weighted by molar-refractivity contribution is 7.89. The first-order chi connectivity index (χ1) is 12.8. The van der Waals surface area contributed by atoms with E-state index in [0.717, 1.165) is 36.6 Å². The van der Waals surface area contributed by atoms with Gasteiger partial charge in [0.15, 0.2) is 0 Å².